The number of phenols is 2. The second-order valence-electron chi connectivity index (χ2n) is 4.76. The van der Waals surface area contributed by atoms with Crippen LogP contribution in [-0.2, 0) is 4.79 Å². The van der Waals surface area contributed by atoms with Crippen LogP contribution in [-0.4, -0.2) is 19.6 Å². The molecule has 0 amide bonds. The minimum absolute atomic E-state index is 0.0503. The fourth-order valence-electron chi connectivity index (χ4n) is 1.76. The third-order valence-corrected chi connectivity index (χ3v) is 4.41. The van der Waals surface area contributed by atoms with Crippen LogP contribution in [0.5, 0.6) is 17.2 Å². The lowest BCUT2D eigenvalue weighted by molar-refractivity contribution is -0.136. The molecule has 0 saturated carbocycles. The van der Waals surface area contributed by atoms with Crippen molar-refractivity contribution in [2.75, 3.05) is 0 Å². The molecule has 0 saturated heterocycles. The molecule has 1 atom stereocenters. The van der Waals surface area contributed by atoms with Gasteiger partial charge in [-0.25, -0.2) is 0 Å². The number of rotatable bonds is 3. The summed E-state index contributed by atoms with van der Waals surface area (Å²) in [5.41, 5.74) is 0. The van der Waals surface area contributed by atoms with Gasteiger partial charge in [-0.2, -0.15) is 0 Å². The molecule has 2 rings (SSSR count). The summed E-state index contributed by atoms with van der Waals surface area (Å²) >= 11 is 2.06. The SMILES string of the molecule is CCC(C)(I)C(=O)Oc1cccc2c(O)cc(O)cc12. The van der Waals surface area contributed by atoms with Crippen LogP contribution in [0.25, 0.3) is 10.8 Å². The lowest BCUT2D eigenvalue weighted by Crippen LogP contribution is -2.31. The number of hydrogen-bond donors (Lipinski definition) is 2. The van der Waals surface area contributed by atoms with Gasteiger partial charge in [-0.3, -0.25) is 4.79 Å². The highest BCUT2D eigenvalue weighted by Crippen LogP contribution is 2.36. The van der Waals surface area contributed by atoms with Crippen molar-refractivity contribution in [2.24, 2.45) is 0 Å². The summed E-state index contributed by atoms with van der Waals surface area (Å²) in [5.74, 6) is -0.150. The van der Waals surface area contributed by atoms with Gasteiger partial charge in [-0.15, -0.1) is 0 Å². The normalized spacial score (nSPS) is 13.9. The van der Waals surface area contributed by atoms with E-state index in [4.69, 9.17) is 4.74 Å². The molecule has 0 spiro atoms. The lowest BCUT2D eigenvalue weighted by Gasteiger charge is -2.19. The molecule has 0 aliphatic heterocycles. The second kappa shape index (κ2) is 5.47. The molecule has 0 fully saturated rings. The molecule has 0 aliphatic carbocycles. The average Bonchev–Trinajstić information content (AvgIpc) is 2.39. The Balaban J connectivity index is 2.48. The number of alkyl halides is 1. The van der Waals surface area contributed by atoms with Gasteiger partial charge >= 0.3 is 5.97 Å². The summed E-state index contributed by atoms with van der Waals surface area (Å²) in [4.78, 5) is 12.1. The third kappa shape index (κ3) is 2.82. The zero-order valence-electron chi connectivity index (χ0n) is 11.2. The van der Waals surface area contributed by atoms with Crippen molar-refractivity contribution >= 4 is 39.3 Å². The standard InChI is InChI=1S/C15H15IO4/c1-3-15(2,16)14(19)20-13-6-4-5-10-11(13)7-9(17)8-12(10)18/h4-8,17-18H,3H2,1-2H3. The first-order chi connectivity index (χ1) is 9.35. The maximum Gasteiger partial charge on any atom is 0.327 e. The van der Waals surface area contributed by atoms with Gasteiger partial charge in [0, 0.05) is 16.8 Å². The zero-order chi connectivity index (χ0) is 14.9. The molecule has 0 radical (unpaired) electrons. The molecular weight excluding hydrogens is 371 g/mol. The largest absolute Gasteiger partial charge is 0.508 e. The van der Waals surface area contributed by atoms with Gasteiger partial charge < -0.3 is 14.9 Å². The molecule has 2 aromatic carbocycles. The average molecular weight is 386 g/mol. The van der Waals surface area contributed by atoms with Crippen LogP contribution in [0.15, 0.2) is 30.3 Å². The summed E-state index contributed by atoms with van der Waals surface area (Å²) in [6, 6.07) is 7.75. The Morgan fingerprint density at radius 3 is 2.65 bits per heavy atom. The van der Waals surface area contributed by atoms with E-state index < -0.39 is 3.42 Å². The van der Waals surface area contributed by atoms with E-state index in [9.17, 15) is 15.0 Å². The van der Waals surface area contributed by atoms with E-state index in [0.717, 1.165) is 0 Å². The monoisotopic (exact) mass is 386 g/mol. The van der Waals surface area contributed by atoms with Crippen molar-refractivity contribution in [3.05, 3.63) is 30.3 Å². The third-order valence-electron chi connectivity index (χ3n) is 3.21. The van der Waals surface area contributed by atoms with E-state index in [1.165, 1.54) is 12.1 Å². The number of carbonyl (C=O) groups excluding carboxylic acids is 1. The van der Waals surface area contributed by atoms with Gasteiger partial charge in [0.15, 0.2) is 0 Å². The van der Waals surface area contributed by atoms with Gasteiger partial charge in [-0.05, 0) is 25.5 Å². The van der Waals surface area contributed by atoms with E-state index in [2.05, 4.69) is 22.6 Å². The Labute approximate surface area is 130 Å². The number of aromatic hydroxyl groups is 2. The fourth-order valence-corrected chi connectivity index (χ4v) is 1.87. The molecule has 106 valence electrons. The highest BCUT2D eigenvalue weighted by molar-refractivity contribution is 14.1. The van der Waals surface area contributed by atoms with Crippen LogP contribution in [0.1, 0.15) is 20.3 Å². The van der Waals surface area contributed by atoms with Crippen molar-refractivity contribution in [1.82, 2.24) is 0 Å². The first-order valence-corrected chi connectivity index (χ1v) is 7.29. The van der Waals surface area contributed by atoms with Crippen molar-refractivity contribution in [3.8, 4) is 17.2 Å². The Bertz CT molecular complexity index is 664. The van der Waals surface area contributed by atoms with Crippen LogP contribution < -0.4 is 4.74 Å². The predicted molar refractivity (Wildman–Crippen MR) is 85.6 cm³/mol. The molecule has 5 heteroatoms. The number of benzene rings is 2. The first kappa shape index (κ1) is 14.9. The van der Waals surface area contributed by atoms with Gasteiger partial charge in [0.25, 0.3) is 0 Å². The summed E-state index contributed by atoms with van der Waals surface area (Å²) < 4.78 is 4.81. The van der Waals surface area contributed by atoms with Crippen molar-refractivity contribution in [1.29, 1.82) is 0 Å². The van der Waals surface area contributed by atoms with E-state index in [0.29, 0.717) is 22.9 Å². The van der Waals surface area contributed by atoms with Crippen molar-refractivity contribution < 1.29 is 19.7 Å². The molecule has 1 unspecified atom stereocenters. The van der Waals surface area contributed by atoms with Crippen LogP contribution >= 0.6 is 22.6 Å². The molecule has 0 heterocycles. The number of ether oxygens (including phenoxy) is 1. The predicted octanol–water partition coefficient (Wildman–Crippen LogP) is 3.76. The number of esters is 1. The van der Waals surface area contributed by atoms with E-state index in [-0.39, 0.29) is 17.5 Å². The van der Waals surface area contributed by atoms with Crippen LogP contribution in [0.2, 0.25) is 0 Å². The molecule has 4 nitrogen and oxygen atoms in total. The van der Waals surface area contributed by atoms with Gasteiger partial charge in [0.1, 0.15) is 20.7 Å². The number of halogens is 1. The lowest BCUT2D eigenvalue weighted by atomic mass is 10.1. The maximum atomic E-state index is 12.1. The van der Waals surface area contributed by atoms with Crippen LogP contribution in [0, 0.1) is 0 Å². The summed E-state index contributed by atoms with van der Waals surface area (Å²) in [5, 5.41) is 20.4. The Morgan fingerprint density at radius 2 is 2.00 bits per heavy atom. The summed E-state index contributed by atoms with van der Waals surface area (Å²) in [6.07, 6.45) is 0.646. The topological polar surface area (TPSA) is 66.8 Å². The number of carbonyl (C=O) groups is 1. The molecule has 2 aromatic rings. The van der Waals surface area contributed by atoms with Gasteiger partial charge in [0.05, 0.1) is 0 Å². The Kier molecular flexibility index (Phi) is 4.08. The van der Waals surface area contributed by atoms with E-state index in [1.54, 1.807) is 25.1 Å². The fraction of sp³-hybridized carbons (Fsp3) is 0.267. The van der Waals surface area contributed by atoms with Gasteiger partial charge in [0.2, 0.25) is 0 Å². The first-order valence-electron chi connectivity index (χ1n) is 6.21. The molecule has 0 aromatic heterocycles. The highest BCUT2D eigenvalue weighted by Gasteiger charge is 2.30. The van der Waals surface area contributed by atoms with E-state index in [1.807, 2.05) is 6.92 Å². The molecular formula is C15H15IO4. The van der Waals surface area contributed by atoms with Crippen molar-refractivity contribution in [3.63, 3.8) is 0 Å². The van der Waals surface area contributed by atoms with E-state index >= 15 is 0 Å². The summed E-state index contributed by atoms with van der Waals surface area (Å²) in [7, 11) is 0. The molecule has 0 bridgehead atoms. The minimum Gasteiger partial charge on any atom is -0.508 e. The van der Waals surface area contributed by atoms with Crippen LogP contribution in [0.4, 0.5) is 0 Å². The molecule has 0 aliphatic rings. The van der Waals surface area contributed by atoms with Gasteiger partial charge in [-0.1, -0.05) is 41.6 Å². The number of hydrogen-bond acceptors (Lipinski definition) is 4. The Morgan fingerprint density at radius 1 is 1.30 bits per heavy atom. The molecule has 2 N–H and O–H groups in total. The highest BCUT2D eigenvalue weighted by atomic mass is 127. The maximum absolute atomic E-state index is 12.1. The van der Waals surface area contributed by atoms with Crippen LogP contribution in [0.3, 0.4) is 0 Å². The molecule has 20 heavy (non-hydrogen) atoms. The number of fused-ring (bicyclic) bond motifs is 1. The number of phenolic OH excluding ortho intramolecular Hbond substituents is 2. The summed E-state index contributed by atoms with van der Waals surface area (Å²) in [6.45, 7) is 3.71. The smallest absolute Gasteiger partial charge is 0.327 e. The zero-order valence-corrected chi connectivity index (χ0v) is 13.3. The Hall–Kier alpha value is -1.50. The quantitative estimate of drug-likeness (QED) is 0.365. The minimum atomic E-state index is -0.612. The van der Waals surface area contributed by atoms with Crippen molar-refractivity contribution in [2.45, 2.75) is 23.7 Å². The second-order valence-corrected chi connectivity index (χ2v) is 7.14.